The van der Waals surface area contributed by atoms with Gasteiger partial charge in [0.25, 0.3) is 0 Å². The largest absolute Gasteiger partial charge is 0.354 e. The van der Waals surface area contributed by atoms with Gasteiger partial charge in [0, 0.05) is 51.5 Å². The van der Waals surface area contributed by atoms with Gasteiger partial charge in [-0.25, -0.2) is 4.98 Å². The fourth-order valence-electron chi connectivity index (χ4n) is 3.22. The maximum absolute atomic E-state index is 4.77. The number of hydrogen-bond acceptors (Lipinski definition) is 7. The molecule has 2 fully saturated rings. The Morgan fingerprint density at radius 3 is 2.64 bits per heavy atom. The molecule has 0 aromatic carbocycles. The number of pyridine rings is 1. The third-order valence-corrected chi connectivity index (χ3v) is 4.51. The zero-order chi connectivity index (χ0) is 14.8. The number of likely N-dealkylation sites (tertiary alicyclic amines) is 1. The Labute approximate surface area is 129 Å². The summed E-state index contributed by atoms with van der Waals surface area (Å²) in [5.74, 6) is 1.87. The zero-order valence-corrected chi connectivity index (χ0v) is 12.5. The van der Waals surface area contributed by atoms with Crippen molar-refractivity contribution >= 4 is 5.82 Å². The number of nitrogens with zero attached hydrogens (tertiary/aromatic N) is 6. The van der Waals surface area contributed by atoms with E-state index in [9.17, 15) is 0 Å². The Morgan fingerprint density at radius 2 is 1.95 bits per heavy atom. The summed E-state index contributed by atoms with van der Waals surface area (Å²) in [6.45, 7) is 7.31. The second-order valence-corrected chi connectivity index (χ2v) is 5.91. The van der Waals surface area contributed by atoms with Gasteiger partial charge in [-0.1, -0.05) is 11.2 Å². The molecule has 0 amide bonds. The number of anilines is 1. The van der Waals surface area contributed by atoms with Crippen LogP contribution in [0.4, 0.5) is 5.82 Å². The van der Waals surface area contributed by atoms with E-state index in [0.717, 1.165) is 57.5 Å². The molecule has 4 heterocycles. The average Bonchev–Trinajstić information content (AvgIpc) is 3.05. The molecule has 7 nitrogen and oxygen atoms in total. The van der Waals surface area contributed by atoms with Crippen molar-refractivity contribution in [2.24, 2.45) is 0 Å². The molecule has 2 aromatic heterocycles. The molecule has 116 valence electrons. The quantitative estimate of drug-likeness (QED) is 0.813. The first-order valence-electron chi connectivity index (χ1n) is 7.76. The minimum Gasteiger partial charge on any atom is -0.354 e. The number of piperazine rings is 1. The Hall–Kier alpha value is -1.99. The molecule has 0 N–H and O–H groups in total. The molecule has 0 bridgehead atoms. The summed E-state index contributed by atoms with van der Waals surface area (Å²) in [7, 11) is 0. The monoisotopic (exact) mass is 300 g/mol. The van der Waals surface area contributed by atoms with Crippen LogP contribution in [0.25, 0.3) is 0 Å². The molecule has 0 radical (unpaired) electrons. The first kappa shape index (κ1) is 13.7. The van der Waals surface area contributed by atoms with Crippen LogP contribution in [0.2, 0.25) is 0 Å². The molecule has 0 atom stereocenters. The zero-order valence-electron chi connectivity index (χ0n) is 12.5. The van der Waals surface area contributed by atoms with Crippen molar-refractivity contribution in [1.82, 2.24) is 24.9 Å². The summed E-state index contributed by atoms with van der Waals surface area (Å²) in [5.41, 5.74) is 0. The molecule has 7 heteroatoms. The normalized spacial score (nSPS) is 21.0. The number of rotatable bonds is 4. The lowest BCUT2D eigenvalue weighted by atomic mass is 10.1. The highest BCUT2D eigenvalue weighted by atomic mass is 16.5. The van der Waals surface area contributed by atoms with Gasteiger partial charge < -0.3 is 9.42 Å². The fourth-order valence-corrected chi connectivity index (χ4v) is 3.22. The predicted molar refractivity (Wildman–Crippen MR) is 81.4 cm³/mol. The van der Waals surface area contributed by atoms with E-state index in [1.807, 2.05) is 12.3 Å². The van der Waals surface area contributed by atoms with Crippen molar-refractivity contribution in [3.8, 4) is 0 Å². The molecule has 22 heavy (non-hydrogen) atoms. The minimum absolute atomic E-state index is 0.665. The predicted octanol–water partition coefficient (Wildman–Crippen LogP) is 0.471. The highest BCUT2D eigenvalue weighted by molar-refractivity contribution is 5.38. The van der Waals surface area contributed by atoms with Crippen molar-refractivity contribution in [2.45, 2.75) is 12.6 Å². The highest BCUT2D eigenvalue weighted by Crippen LogP contribution is 2.20. The fraction of sp³-hybridized carbons (Fsp3) is 0.533. The van der Waals surface area contributed by atoms with Crippen LogP contribution in [0, 0.1) is 0 Å². The summed E-state index contributed by atoms with van der Waals surface area (Å²) in [4.78, 5) is 15.8. The molecule has 0 saturated carbocycles. The number of aromatic nitrogens is 3. The van der Waals surface area contributed by atoms with Crippen LogP contribution in [-0.2, 0) is 6.54 Å². The summed E-state index contributed by atoms with van der Waals surface area (Å²) in [6.07, 6.45) is 3.26. The maximum Gasteiger partial charge on any atom is 0.213 e. The van der Waals surface area contributed by atoms with E-state index >= 15 is 0 Å². The maximum atomic E-state index is 4.77. The van der Waals surface area contributed by atoms with E-state index in [-0.39, 0.29) is 0 Å². The van der Waals surface area contributed by atoms with Gasteiger partial charge in [0.1, 0.15) is 5.82 Å². The van der Waals surface area contributed by atoms with E-state index < -0.39 is 0 Å². The molecule has 2 aromatic rings. The molecular weight excluding hydrogens is 280 g/mol. The van der Waals surface area contributed by atoms with Crippen LogP contribution in [0.15, 0.2) is 35.3 Å². The lowest BCUT2D eigenvalue weighted by Crippen LogP contribution is -2.62. The number of hydrogen-bond donors (Lipinski definition) is 0. The molecule has 2 saturated heterocycles. The molecule has 2 aliphatic rings. The molecule has 2 aliphatic heterocycles. The Bertz CT molecular complexity index is 575. The van der Waals surface area contributed by atoms with Crippen LogP contribution in [0.1, 0.15) is 5.82 Å². The van der Waals surface area contributed by atoms with Crippen molar-refractivity contribution in [3.05, 3.63) is 36.6 Å². The van der Waals surface area contributed by atoms with Crippen LogP contribution >= 0.6 is 0 Å². The Kier molecular flexibility index (Phi) is 3.74. The van der Waals surface area contributed by atoms with Gasteiger partial charge in [-0.15, -0.1) is 0 Å². The highest BCUT2D eigenvalue weighted by Gasteiger charge is 2.33. The average molecular weight is 300 g/mol. The Morgan fingerprint density at radius 1 is 1.09 bits per heavy atom. The van der Waals surface area contributed by atoms with Crippen molar-refractivity contribution < 1.29 is 4.52 Å². The molecule has 0 aliphatic carbocycles. The van der Waals surface area contributed by atoms with E-state index in [4.69, 9.17) is 4.52 Å². The van der Waals surface area contributed by atoms with Crippen molar-refractivity contribution in [3.63, 3.8) is 0 Å². The van der Waals surface area contributed by atoms with Crippen LogP contribution in [0.3, 0.4) is 0 Å². The van der Waals surface area contributed by atoms with Gasteiger partial charge in [-0.05, 0) is 12.1 Å². The van der Waals surface area contributed by atoms with Gasteiger partial charge >= 0.3 is 0 Å². The minimum atomic E-state index is 0.665. The van der Waals surface area contributed by atoms with E-state index in [1.54, 1.807) is 0 Å². The second-order valence-electron chi connectivity index (χ2n) is 5.91. The van der Waals surface area contributed by atoms with Crippen LogP contribution in [0.5, 0.6) is 0 Å². The lowest BCUT2D eigenvalue weighted by Gasteiger charge is -2.48. The summed E-state index contributed by atoms with van der Waals surface area (Å²) in [6, 6.07) is 6.77. The second kappa shape index (κ2) is 6.02. The molecule has 0 spiro atoms. The first-order valence-corrected chi connectivity index (χ1v) is 7.76. The Balaban J connectivity index is 1.24. The first-order chi connectivity index (χ1) is 10.9. The summed E-state index contributed by atoms with van der Waals surface area (Å²) < 4.78 is 4.77. The lowest BCUT2D eigenvalue weighted by molar-refractivity contribution is 0.0236. The SMILES string of the molecule is c1ccc(N2CCN(C3CN(Cc4ncon4)C3)CC2)nc1. The van der Waals surface area contributed by atoms with E-state index in [0.29, 0.717) is 6.04 Å². The van der Waals surface area contributed by atoms with Gasteiger partial charge in [-0.2, -0.15) is 4.98 Å². The van der Waals surface area contributed by atoms with E-state index in [1.165, 1.54) is 6.39 Å². The third-order valence-electron chi connectivity index (χ3n) is 4.51. The van der Waals surface area contributed by atoms with Gasteiger partial charge in [-0.3, -0.25) is 9.80 Å². The third kappa shape index (κ3) is 2.82. The molecular formula is C15H20N6O. The summed E-state index contributed by atoms with van der Waals surface area (Å²) >= 11 is 0. The van der Waals surface area contributed by atoms with Crippen LogP contribution in [-0.4, -0.2) is 70.2 Å². The van der Waals surface area contributed by atoms with Crippen molar-refractivity contribution in [1.29, 1.82) is 0 Å². The standard InChI is InChI=1S/C15H20N6O/c1-2-4-16-15(3-1)21-7-5-20(6-8-21)13-9-19(10-13)11-14-17-12-22-18-14/h1-4,12-13H,5-11H2. The summed E-state index contributed by atoms with van der Waals surface area (Å²) in [5, 5.41) is 3.86. The molecule has 4 rings (SSSR count). The van der Waals surface area contributed by atoms with Gasteiger partial charge in [0.05, 0.1) is 6.54 Å². The van der Waals surface area contributed by atoms with Gasteiger partial charge in [0.15, 0.2) is 5.82 Å². The smallest absolute Gasteiger partial charge is 0.213 e. The topological polar surface area (TPSA) is 61.5 Å². The van der Waals surface area contributed by atoms with Crippen LogP contribution < -0.4 is 4.90 Å². The van der Waals surface area contributed by atoms with Crippen molar-refractivity contribution in [2.75, 3.05) is 44.2 Å². The van der Waals surface area contributed by atoms with E-state index in [2.05, 4.69) is 42.0 Å². The molecule has 0 unspecified atom stereocenters. The van der Waals surface area contributed by atoms with Gasteiger partial charge in [0.2, 0.25) is 6.39 Å².